The van der Waals surface area contributed by atoms with E-state index in [-0.39, 0.29) is 36.8 Å². The van der Waals surface area contributed by atoms with Gasteiger partial charge in [0, 0.05) is 18.8 Å². The molecule has 2 saturated heterocycles. The van der Waals surface area contributed by atoms with Crippen LogP contribution in [-0.2, 0) is 20.4 Å². The number of alkyl halides is 3. The Labute approximate surface area is 151 Å². The number of cyclic esters (lactones) is 2. The fourth-order valence-electron chi connectivity index (χ4n) is 2.64. The van der Waals surface area contributed by atoms with Crippen LogP contribution in [0.1, 0.15) is 12.5 Å². The second-order valence-electron chi connectivity index (χ2n) is 5.73. The minimum absolute atomic E-state index is 0.00336. The number of carbonyl (C=O) groups excluding carboxylic acids is 3. The van der Waals surface area contributed by atoms with Crippen LogP contribution in [-0.4, -0.2) is 37.8 Å². The highest BCUT2D eigenvalue weighted by atomic mass is 19.4. The molecular formula is C16H14F3N3O5. The molecule has 0 radical (unpaired) electrons. The molecule has 27 heavy (non-hydrogen) atoms. The summed E-state index contributed by atoms with van der Waals surface area (Å²) in [7, 11) is 0. The Balaban J connectivity index is 1.93. The van der Waals surface area contributed by atoms with Gasteiger partial charge in [0.15, 0.2) is 0 Å². The molecule has 3 amide bonds. The van der Waals surface area contributed by atoms with E-state index < -0.39 is 29.8 Å². The van der Waals surface area contributed by atoms with Crippen LogP contribution in [0.4, 0.5) is 34.1 Å². The molecule has 0 aliphatic carbocycles. The summed E-state index contributed by atoms with van der Waals surface area (Å²) in [6.45, 7) is 1.09. The van der Waals surface area contributed by atoms with Crippen LogP contribution in [0.2, 0.25) is 0 Å². The van der Waals surface area contributed by atoms with Crippen molar-refractivity contribution < 1.29 is 37.0 Å². The number of anilines is 2. The van der Waals surface area contributed by atoms with Crippen LogP contribution in [0.15, 0.2) is 30.2 Å². The van der Waals surface area contributed by atoms with E-state index >= 15 is 0 Å². The Morgan fingerprint density at radius 3 is 2.56 bits per heavy atom. The summed E-state index contributed by atoms with van der Waals surface area (Å²) >= 11 is 0. The van der Waals surface area contributed by atoms with Crippen LogP contribution in [0, 0.1) is 0 Å². The molecular weight excluding hydrogens is 371 g/mol. The molecule has 0 atom stereocenters. The second kappa shape index (κ2) is 6.82. The number of nitrogens with zero attached hydrogens (tertiary/aromatic N) is 2. The normalized spacial score (nSPS) is 18.7. The summed E-state index contributed by atoms with van der Waals surface area (Å²) < 4.78 is 50.1. The molecule has 0 aromatic heterocycles. The zero-order chi connectivity index (χ0) is 19.8. The van der Waals surface area contributed by atoms with Gasteiger partial charge in [-0.3, -0.25) is 14.6 Å². The van der Waals surface area contributed by atoms with Crippen molar-refractivity contribution in [3.8, 4) is 0 Å². The molecule has 2 aliphatic heterocycles. The van der Waals surface area contributed by atoms with Gasteiger partial charge in [0.25, 0.3) is 0 Å². The van der Waals surface area contributed by atoms with Gasteiger partial charge in [-0.2, -0.15) is 13.2 Å². The second-order valence-corrected chi connectivity index (χ2v) is 5.73. The first kappa shape index (κ1) is 18.5. The number of benzene rings is 1. The van der Waals surface area contributed by atoms with Crippen molar-refractivity contribution in [3.05, 3.63) is 35.7 Å². The van der Waals surface area contributed by atoms with E-state index in [0.29, 0.717) is 0 Å². The van der Waals surface area contributed by atoms with Gasteiger partial charge < -0.3 is 14.8 Å². The van der Waals surface area contributed by atoms with Gasteiger partial charge >= 0.3 is 18.4 Å². The molecule has 1 N–H and O–H groups in total. The maximum atomic E-state index is 13.5. The van der Waals surface area contributed by atoms with Crippen LogP contribution in [0.3, 0.4) is 0 Å². The maximum absolute atomic E-state index is 13.5. The Morgan fingerprint density at radius 2 is 1.96 bits per heavy atom. The Hall–Kier alpha value is -3.24. The average molecular weight is 385 g/mol. The first-order chi connectivity index (χ1) is 12.7. The predicted molar refractivity (Wildman–Crippen MR) is 85.9 cm³/mol. The highest BCUT2D eigenvalue weighted by Crippen LogP contribution is 2.40. The molecule has 2 heterocycles. The lowest BCUT2D eigenvalue weighted by Gasteiger charge is -2.21. The highest BCUT2D eigenvalue weighted by molar-refractivity contribution is 5.94. The zero-order valence-electron chi connectivity index (χ0n) is 14.0. The third kappa shape index (κ3) is 3.81. The van der Waals surface area contributed by atoms with Crippen molar-refractivity contribution in [2.45, 2.75) is 13.1 Å². The van der Waals surface area contributed by atoms with E-state index in [2.05, 4.69) is 10.1 Å². The quantitative estimate of drug-likeness (QED) is 0.864. The van der Waals surface area contributed by atoms with E-state index in [9.17, 15) is 27.6 Å². The summed E-state index contributed by atoms with van der Waals surface area (Å²) in [6.07, 6.45) is -5.34. The Kier molecular flexibility index (Phi) is 4.68. The van der Waals surface area contributed by atoms with Crippen LogP contribution in [0.5, 0.6) is 0 Å². The smallest absolute Gasteiger partial charge is 0.419 e. The minimum Gasteiger partial charge on any atom is -0.447 e. The summed E-state index contributed by atoms with van der Waals surface area (Å²) in [4.78, 5) is 36.4. The number of ether oxygens (including phenoxy) is 2. The first-order valence-corrected chi connectivity index (χ1v) is 7.78. The Bertz CT molecular complexity index is 837. The molecule has 2 fully saturated rings. The fourth-order valence-corrected chi connectivity index (χ4v) is 2.64. The van der Waals surface area contributed by atoms with Crippen molar-refractivity contribution >= 4 is 29.5 Å². The van der Waals surface area contributed by atoms with Crippen LogP contribution in [0.25, 0.3) is 0 Å². The summed E-state index contributed by atoms with van der Waals surface area (Å²) in [5, 5.41) is 2.32. The number of hydrogen-bond acceptors (Lipinski definition) is 5. The predicted octanol–water partition coefficient (Wildman–Crippen LogP) is 2.60. The molecule has 1 aromatic rings. The number of halogens is 3. The summed E-state index contributed by atoms with van der Waals surface area (Å²) in [5.74, 6) is -0.311. The van der Waals surface area contributed by atoms with E-state index in [0.717, 1.165) is 21.9 Å². The zero-order valence-corrected chi connectivity index (χ0v) is 14.0. The van der Waals surface area contributed by atoms with Crippen LogP contribution >= 0.6 is 0 Å². The standard InChI is InChI=1S/C16H14F3N3O5/c1-9(23)20-7-11-8-22(15(25)27-11)10-2-3-13(12(6-10)16(17,18)19)21-4-5-26-14(21)24/h2-3,6-7H,4-5,8H2,1H3,(H,20,23)/b11-7-. The number of nitrogens with one attached hydrogen (secondary N) is 1. The Morgan fingerprint density at radius 1 is 1.22 bits per heavy atom. The van der Waals surface area contributed by atoms with Gasteiger partial charge in [0.05, 0.1) is 24.3 Å². The molecule has 2 aliphatic rings. The SMILES string of the molecule is CC(=O)N/C=C1/CN(c2ccc(N3CCOC3=O)c(C(F)(F)F)c2)C(=O)O1. The van der Waals surface area contributed by atoms with Gasteiger partial charge in [-0.1, -0.05) is 0 Å². The molecule has 3 rings (SSSR count). The maximum Gasteiger partial charge on any atom is 0.419 e. The number of amides is 3. The van der Waals surface area contributed by atoms with Crippen molar-refractivity contribution in [2.24, 2.45) is 0 Å². The van der Waals surface area contributed by atoms with E-state index in [1.165, 1.54) is 19.2 Å². The van der Waals surface area contributed by atoms with Gasteiger partial charge in [-0.15, -0.1) is 0 Å². The summed E-state index contributed by atoms with van der Waals surface area (Å²) in [6, 6.07) is 3.15. The van der Waals surface area contributed by atoms with Gasteiger partial charge in [-0.05, 0) is 18.2 Å². The fraction of sp³-hybridized carbons (Fsp3) is 0.312. The van der Waals surface area contributed by atoms with Crippen LogP contribution < -0.4 is 15.1 Å². The lowest BCUT2D eigenvalue weighted by atomic mass is 10.1. The number of hydrogen-bond donors (Lipinski definition) is 1. The molecule has 1 aromatic carbocycles. The van der Waals surface area contributed by atoms with E-state index in [1.807, 2.05) is 0 Å². The van der Waals surface area contributed by atoms with Crippen molar-refractivity contribution in [1.29, 1.82) is 0 Å². The number of rotatable bonds is 3. The molecule has 0 spiro atoms. The first-order valence-electron chi connectivity index (χ1n) is 7.78. The minimum atomic E-state index is -4.76. The lowest BCUT2D eigenvalue weighted by Crippen LogP contribution is -2.28. The summed E-state index contributed by atoms with van der Waals surface area (Å²) in [5.41, 5.74) is -1.49. The third-order valence-electron chi connectivity index (χ3n) is 3.84. The van der Waals surface area contributed by atoms with Crippen molar-refractivity contribution in [1.82, 2.24) is 5.32 Å². The molecule has 0 unspecified atom stereocenters. The van der Waals surface area contributed by atoms with Gasteiger partial charge in [0.2, 0.25) is 5.91 Å². The lowest BCUT2D eigenvalue weighted by molar-refractivity contribution is -0.137. The molecule has 8 nitrogen and oxygen atoms in total. The molecule has 11 heteroatoms. The van der Waals surface area contributed by atoms with Crippen molar-refractivity contribution in [2.75, 3.05) is 29.5 Å². The van der Waals surface area contributed by atoms with Crippen molar-refractivity contribution in [3.63, 3.8) is 0 Å². The molecule has 0 saturated carbocycles. The molecule has 144 valence electrons. The average Bonchev–Trinajstić information content (AvgIpc) is 3.17. The third-order valence-corrected chi connectivity index (χ3v) is 3.84. The van der Waals surface area contributed by atoms with E-state index in [4.69, 9.17) is 4.74 Å². The monoisotopic (exact) mass is 385 g/mol. The molecule has 0 bridgehead atoms. The topological polar surface area (TPSA) is 88.2 Å². The van der Waals surface area contributed by atoms with Gasteiger partial charge in [-0.25, -0.2) is 9.59 Å². The van der Waals surface area contributed by atoms with E-state index in [1.54, 1.807) is 0 Å². The highest BCUT2D eigenvalue weighted by Gasteiger charge is 2.39. The largest absolute Gasteiger partial charge is 0.447 e. The van der Waals surface area contributed by atoms with Gasteiger partial charge in [0.1, 0.15) is 12.4 Å². The number of carbonyl (C=O) groups is 3.